The molecule has 0 aliphatic carbocycles. The van der Waals surface area contributed by atoms with Crippen LogP contribution in [0.1, 0.15) is 70.1 Å². The second-order valence-corrected chi connectivity index (χ2v) is 5.94. The van der Waals surface area contributed by atoms with Crippen LogP contribution < -0.4 is 5.32 Å². The van der Waals surface area contributed by atoms with Crippen molar-refractivity contribution in [1.29, 1.82) is 0 Å². The smallest absolute Gasteiger partial charge is 0.134 e. The van der Waals surface area contributed by atoms with Crippen molar-refractivity contribution in [2.75, 3.05) is 7.05 Å². The van der Waals surface area contributed by atoms with Crippen LogP contribution in [-0.2, 0) is 0 Å². The van der Waals surface area contributed by atoms with Gasteiger partial charge in [-0.25, -0.2) is 0 Å². The first-order chi connectivity index (χ1) is 10.3. The molecule has 0 fully saturated rings. The normalized spacial score (nSPS) is 12.9. The van der Waals surface area contributed by atoms with Crippen molar-refractivity contribution in [1.82, 2.24) is 5.32 Å². The van der Waals surface area contributed by atoms with Crippen molar-refractivity contribution < 1.29 is 4.42 Å². The van der Waals surface area contributed by atoms with E-state index in [-0.39, 0.29) is 0 Å². The summed E-state index contributed by atoms with van der Waals surface area (Å²) >= 11 is 0. The van der Waals surface area contributed by atoms with E-state index in [1.807, 2.05) is 19.2 Å². The first-order valence-electron chi connectivity index (χ1n) is 8.51. The maximum atomic E-state index is 5.97. The Kier molecular flexibility index (Phi) is 6.81. The molecule has 0 aliphatic rings. The first-order valence-corrected chi connectivity index (χ1v) is 8.51. The molecule has 21 heavy (non-hydrogen) atoms. The molecule has 1 heterocycles. The summed E-state index contributed by atoms with van der Waals surface area (Å²) in [4.78, 5) is 0. The molecule has 0 saturated carbocycles. The molecule has 0 bridgehead atoms. The topological polar surface area (TPSA) is 25.2 Å². The maximum Gasteiger partial charge on any atom is 0.134 e. The summed E-state index contributed by atoms with van der Waals surface area (Å²) in [6, 6.07) is 10.8. The fraction of sp³-hybridized carbons (Fsp3) is 0.579. The number of furan rings is 1. The van der Waals surface area contributed by atoms with Gasteiger partial charge >= 0.3 is 0 Å². The van der Waals surface area contributed by atoms with E-state index in [1.54, 1.807) is 0 Å². The zero-order valence-electron chi connectivity index (χ0n) is 13.5. The zero-order chi connectivity index (χ0) is 14.9. The molecule has 116 valence electrons. The summed E-state index contributed by atoms with van der Waals surface area (Å²) in [5.74, 6) is 1.07. The Labute approximate surface area is 128 Å². The van der Waals surface area contributed by atoms with Crippen LogP contribution in [0.5, 0.6) is 0 Å². The molecule has 1 aromatic heterocycles. The van der Waals surface area contributed by atoms with E-state index in [0.717, 1.165) is 17.8 Å². The summed E-state index contributed by atoms with van der Waals surface area (Å²) in [6.45, 7) is 2.27. The van der Waals surface area contributed by atoms with Gasteiger partial charge in [-0.2, -0.15) is 0 Å². The van der Waals surface area contributed by atoms with Crippen LogP contribution in [0.15, 0.2) is 34.7 Å². The van der Waals surface area contributed by atoms with Crippen molar-refractivity contribution in [3.05, 3.63) is 36.1 Å². The van der Waals surface area contributed by atoms with Crippen molar-refractivity contribution in [2.24, 2.45) is 0 Å². The largest absolute Gasteiger partial charge is 0.459 e. The van der Waals surface area contributed by atoms with Crippen LogP contribution in [0.2, 0.25) is 0 Å². The molecule has 0 amide bonds. The lowest BCUT2D eigenvalue weighted by Gasteiger charge is -2.13. The average Bonchev–Trinajstić information content (AvgIpc) is 2.94. The number of hydrogen-bond acceptors (Lipinski definition) is 2. The fourth-order valence-corrected chi connectivity index (χ4v) is 2.91. The molecular formula is C19H29NO. The lowest BCUT2D eigenvalue weighted by Crippen LogP contribution is -2.15. The van der Waals surface area contributed by atoms with Crippen LogP contribution >= 0.6 is 0 Å². The summed E-state index contributed by atoms with van der Waals surface area (Å²) in [7, 11) is 2.03. The molecule has 0 radical (unpaired) electrons. The molecule has 2 nitrogen and oxygen atoms in total. The van der Waals surface area contributed by atoms with E-state index >= 15 is 0 Å². The number of hydrogen-bond donors (Lipinski definition) is 1. The average molecular weight is 287 g/mol. The lowest BCUT2D eigenvalue weighted by molar-refractivity contribution is 0.416. The van der Waals surface area contributed by atoms with Crippen LogP contribution in [0.3, 0.4) is 0 Å². The molecule has 0 saturated heterocycles. The Hall–Kier alpha value is -1.28. The van der Waals surface area contributed by atoms with Crippen molar-refractivity contribution >= 4 is 11.0 Å². The monoisotopic (exact) mass is 287 g/mol. The molecule has 1 atom stereocenters. The van der Waals surface area contributed by atoms with Crippen LogP contribution in [0, 0.1) is 0 Å². The summed E-state index contributed by atoms with van der Waals surface area (Å²) in [5.41, 5.74) is 0.993. The third-order valence-corrected chi connectivity index (χ3v) is 4.23. The van der Waals surface area contributed by atoms with E-state index in [9.17, 15) is 0 Å². The van der Waals surface area contributed by atoms with Crippen LogP contribution in [0.4, 0.5) is 0 Å². The van der Waals surface area contributed by atoms with Gasteiger partial charge in [0, 0.05) is 5.39 Å². The van der Waals surface area contributed by atoms with Gasteiger partial charge < -0.3 is 9.73 Å². The molecule has 0 aliphatic heterocycles. The Morgan fingerprint density at radius 1 is 1.00 bits per heavy atom. The van der Waals surface area contributed by atoms with E-state index in [4.69, 9.17) is 4.42 Å². The van der Waals surface area contributed by atoms with Crippen LogP contribution in [0.25, 0.3) is 11.0 Å². The van der Waals surface area contributed by atoms with Gasteiger partial charge in [0.1, 0.15) is 11.3 Å². The third-order valence-electron chi connectivity index (χ3n) is 4.23. The molecule has 2 aromatic rings. The highest BCUT2D eigenvalue weighted by Crippen LogP contribution is 2.26. The SMILES string of the molecule is CCCCCCCCCC(NC)c1cc2ccccc2o1. The zero-order valence-corrected chi connectivity index (χ0v) is 13.5. The highest BCUT2D eigenvalue weighted by molar-refractivity contribution is 5.77. The van der Waals surface area contributed by atoms with Gasteiger partial charge in [0.25, 0.3) is 0 Å². The number of fused-ring (bicyclic) bond motifs is 1. The van der Waals surface area contributed by atoms with Gasteiger partial charge in [-0.05, 0) is 25.6 Å². The van der Waals surface area contributed by atoms with Gasteiger partial charge in [0.05, 0.1) is 6.04 Å². The fourth-order valence-electron chi connectivity index (χ4n) is 2.91. The summed E-state index contributed by atoms with van der Waals surface area (Å²) in [5, 5.41) is 4.60. The first kappa shape index (κ1) is 16.1. The van der Waals surface area contributed by atoms with Crippen molar-refractivity contribution in [3.8, 4) is 0 Å². The second kappa shape index (κ2) is 8.89. The van der Waals surface area contributed by atoms with Gasteiger partial charge in [0.15, 0.2) is 0 Å². The van der Waals surface area contributed by atoms with Gasteiger partial charge in [-0.15, -0.1) is 0 Å². The van der Waals surface area contributed by atoms with Crippen LogP contribution in [-0.4, -0.2) is 7.05 Å². The molecule has 1 N–H and O–H groups in total. The van der Waals surface area contributed by atoms with E-state index in [2.05, 4.69) is 30.4 Å². The Morgan fingerprint density at radius 3 is 2.43 bits per heavy atom. The Bertz CT molecular complexity index is 484. The molecule has 2 heteroatoms. The number of unbranched alkanes of at least 4 members (excludes halogenated alkanes) is 6. The molecular weight excluding hydrogens is 258 g/mol. The standard InChI is InChI=1S/C19H29NO/c1-3-4-5-6-7-8-9-13-17(20-2)19-15-16-12-10-11-14-18(16)21-19/h10-12,14-15,17,20H,3-9,13H2,1-2H3. The van der Waals surface area contributed by atoms with E-state index in [1.165, 1.54) is 50.3 Å². The number of benzene rings is 1. The minimum atomic E-state index is 0.341. The van der Waals surface area contributed by atoms with Crippen molar-refractivity contribution in [3.63, 3.8) is 0 Å². The molecule has 0 spiro atoms. The lowest BCUT2D eigenvalue weighted by atomic mass is 10.0. The summed E-state index contributed by atoms with van der Waals surface area (Å²) < 4.78 is 5.97. The highest BCUT2D eigenvalue weighted by atomic mass is 16.3. The van der Waals surface area contributed by atoms with Crippen molar-refractivity contribution in [2.45, 2.75) is 64.3 Å². The minimum absolute atomic E-state index is 0.341. The van der Waals surface area contributed by atoms with E-state index in [0.29, 0.717) is 6.04 Å². The second-order valence-electron chi connectivity index (χ2n) is 5.94. The summed E-state index contributed by atoms with van der Waals surface area (Å²) in [6.07, 6.45) is 10.6. The molecule has 1 unspecified atom stereocenters. The van der Waals surface area contributed by atoms with Gasteiger partial charge in [0.2, 0.25) is 0 Å². The predicted molar refractivity (Wildman–Crippen MR) is 90.6 cm³/mol. The minimum Gasteiger partial charge on any atom is -0.459 e. The molecule has 2 rings (SSSR count). The Morgan fingerprint density at radius 2 is 1.71 bits per heavy atom. The number of para-hydroxylation sites is 1. The van der Waals surface area contributed by atoms with Gasteiger partial charge in [-0.3, -0.25) is 0 Å². The highest BCUT2D eigenvalue weighted by Gasteiger charge is 2.13. The van der Waals surface area contributed by atoms with Gasteiger partial charge in [-0.1, -0.05) is 70.1 Å². The quantitative estimate of drug-likeness (QED) is 0.556. The molecule has 1 aromatic carbocycles. The number of nitrogens with one attached hydrogen (secondary N) is 1. The number of rotatable bonds is 10. The maximum absolute atomic E-state index is 5.97. The predicted octanol–water partition coefficient (Wildman–Crippen LogP) is 5.83. The Balaban J connectivity index is 1.77. The van der Waals surface area contributed by atoms with E-state index < -0.39 is 0 Å². The third kappa shape index (κ3) is 4.89.